The van der Waals surface area contributed by atoms with E-state index in [-0.39, 0.29) is 5.92 Å². The first-order valence-corrected chi connectivity index (χ1v) is 5.97. The molecule has 2 aliphatic heterocycles. The Balaban J connectivity index is 1.77. The molecule has 1 aromatic rings. The van der Waals surface area contributed by atoms with Gasteiger partial charge in [-0.1, -0.05) is 12.1 Å². The van der Waals surface area contributed by atoms with Gasteiger partial charge in [0.05, 0.1) is 18.1 Å². The minimum Gasteiger partial charge on any atom is -0.374 e. The number of ether oxygens (including phenoxy) is 1. The van der Waals surface area contributed by atoms with Crippen molar-refractivity contribution in [3.8, 4) is 0 Å². The van der Waals surface area contributed by atoms with Crippen molar-refractivity contribution in [3.63, 3.8) is 0 Å². The van der Waals surface area contributed by atoms with Crippen LogP contribution in [0.25, 0.3) is 0 Å². The molecule has 2 aliphatic rings. The molecule has 88 valence electrons. The minimum atomic E-state index is 0.140. The van der Waals surface area contributed by atoms with Crippen molar-refractivity contribution in [2.45, 2.75) is 50.2 Å². The molecular formula is C11H17N3O2. The highest BCUT2D eigenvalue weighted by Crippen LogP contribution is 2.43. The van der Waals surface area contributed by atoms with E-state index < -0.39 is 0 Å². The predicted octanol–water partition coefficient (Wildman–Crippen LogP) is 1.17. The largest absolute Gasteiger partial charge is 0.374 e. The van der Waals surface area contributed by atoms with E-state index in [0.29, 0.717) is 30.6 Å². The first kappa shape index (κ1) is 10.2. The van der Waals surface area contributed by atoms with Crippen LogP contribution in [-0.4, -0.2) is 28.9 Å². The van der Waals surface area contributed by atoms with Crippen LogP contribution >= 0.6 is 0 Å². The highest BCUT2D eigenvalue weighted by Gasteiger charge is 2.43. The van der Waals surface area contributed by atoms with Gasteiger partial charge in [-0.2, -0.15) is 4.98 Å². The summed E-state index contributed by atoms with van der Waals surface area (Å²) >= 11 is 0. The van der Waals surface area contributed by atoms with Crippen molar-refractivity contribution in [2.75, 3.05) is 6.54 Å². The average molecular weight is 223 g/mol. The topological polar surface area (TPSA) is 74.2 Å². The lowest BCUT2D eigenvalue weighted by Crippen LogP contribution is -2.16. The van der Waals surface area contributed by atoms with Crippen molar-refractivity contribution in [2.24, 2.45) is 5.73 Å². The smallest absolute Gasteiger partial charge is 0.230 e. The summed E-state index contributed by atoms with van der Waals surface area (Å²) in [4.78, 5) is 4.44. The van der Waals surface area contributed by atoms with Gasteiger partial charge in [0.2, 0.25) is 5.89 Å². The third-order valence-electron chi connectivity index (χ3n) is 3.67. The SMILES string of the molecule is CC(CN)c1nc(C2CC3CCC2O3)no1. The molecular weight excluding hydrogens is 206 g/mol. The summed E-state index contributed by atoms with van der Waals surface area (Å²) in [6.45, 7) is 2.53. The summed E-state index contributed by atoms with van der Waals surface area (Å²) in [5.74, 6) is 1.93. The second-order valence-corrected chi connectivity index (χ2v) is 4.84. The van der Waals surface area contributed by atoms with Gasteiger partial charge in [-0.3, -0.25) is 0 Å². The zero-order valence-corrected chi connectivity index (χ0v) is 9.43. The number of hydrogen-bond acceptors (Lipinski definition) is 5. The van der Waals surface area contributed by atoms with Crippen LogP contribution in [0.15, 0.2) is 4.52 Å². The molecule has 2 saturated heterocycles. The summed E-state index contributed by atoms with van der Waals surface area (Å²) < 4.78 is 11.0. The fourth-order valence-corrected chi connectivity index (χ4v) is 2.61. The number of nitrogens with two attached hydrogens (primary N) is 1. The summed E-state index contributed by atoms with van der Waals surface area (Å²) in [6, 6.07) is 0. The lowest BCUT2D eigenvalue weighted by Gasteiger charge is -2.13. The fraction of sp³-hybridized carbons (Fsp3) is 0.818. The molecule has 16 heavy (non-hydrogen) atoms. The number of fused-ring (bicyclic) bond motifs is 2. The van der Waals surface area contributed by atoms with E-state index in [2.05, 4.69) is 10.1 Å². The summed E-state index contributed by atoms with van der Waals surface area (Å²) in [5.41, 5.74) is 5.57. The highest BCUT2D eigenvalue weighted by atomic mass is 16.5. The lowest BCUT2D eigenvalue weighted by atomic mass is 9.89. The molecule has 0 spiro atoms. The van der Waals surface area contributed by atoms with Crippen LogP contribution in [0.2, 0.25) is 0 Å². The molecule has 4 unspecified atom stereocenters. The van der Waals surface area contributed by atoms with E-state index in [9.17, 15) is 0 Å². The van der Waals surface area contributed by atoms with Gasteiger partial charge in [-0.25, -0.2) is 0 Å². The Morgan fingerprint density at radius 1 is 1.50 bits per heavy atom. The molecule has 2 N–H and O–H groups in total. The third-order valence-corrected chi connectivity index (χ3v) is 3.67. The lowest BCUT2D eigenvalue weighted by molar-refractivity contribution is 0.0996. The second kappa shape index (κ2) is 3.82. The molecule has 4 atom stereocenters. The molecule has 2 bridgehead atoms. The van der Waals surface area contributed by atoms with Gasteiger partial charge in [0.25, 0.3) is 0 Å². The third kappa shape index (κ3) is 1.55. The molecule has 3 heterocycles. The predicted molar refractivity (Wildman–Crippen MR) is 57.0 cm³/mol. The standard InChI is InChI=1S/C11H17N3O2/c1-6(5-12)11-13-10(14-16-11)8-4-7-2-3-9(8)15-7/h6-9H,2-5,12H2,1H3. The van der Waals surface area contributed by atoms with Gasteiger partial charge in [0, 0.05) is 12.5 Å². The van der Waals surface area contributed by atoms with Gasteiger partial charge in [-0.15, -0.1) is 0 Å². The Kier molecular flexibility index (Phi) is 2.44. The molecule has 5 heteroatoms. The maximum absolute atomic E-state index is 5.79. The zero-order chi connectivity index (χ0) is 11.1. The summed E-state index contributed by atoms with van der Waals surface area (Å²) in [5, 5.41) is 4.06. The number of nitrogens with zero attached hydrogens (tertiary/aromatic N) is 2. The molecule has 0 aromatic carbocycles. The quantitative estimate of drug-likeness (QED) is 0.832. The Hall–Kier alpha value is -0.940. The van der Waals surface area contributed by atoms with Crippen LogP contribution in [0, 0.1) is 0 Å². The zero-order valence-electron chi connectivity index (χ0n) is 9.43. The van der Waals surface area contributed by atoms with Crippen LogP contribution in [0.3, 0.4) is 0 Å². The van der Waals surface area contributed by atoms with E-state index in [1.807, 2.05) is 6.92 Å². The van der Waals surface area contributed by atoms with Gasteiger partial charge >= 0.3 is 0 Å². The van der Waals surface area contributed by atoms with E-state index in [0.717, 1.165) is 18.7 Å². The van der Waals surface area contributed by atoms with Crippen molar-refractivity contribution in [1.82, 2.24) is 10.1 Å². The van der Waals surface area contributed by atoms with Crippen molar-refractivity contribution < 1.29 is 9.26 Å². The number of rotatable bonds is 3. The van der Waals surface area contributed by atoms with Crippen LogP contribution in [0.1, 0.15) is 49.7 Å². The molecule has 1 aromatic heterocycles. The second-order valence-electron chi connectivity index (χ2n) is 4.84. The van der Waals surface area contributed by atoms with Crippen molar-refractivity contribution >= 4 is 0 Å². The van der Waals surface area contributed by atoms with Crippen LogP contribution in [0.4, 0.5) is 0 Å². The van der Waals surface area contributed by atoms with E-state index >= 15 is 0 Å². The average Bonchev–Trinajstić information content (AvgIpc) is 3.02. The molecule has 0 amide bonds. The van der Waals surface area contributed by atoms with Crippen LogP contribution in [-0.2, 0) is 4.74 Å². The van der Waals surface area contributed by atoms with Crippen molar-refractivity contribution in [3.05, 3.63) is 11.7 Å². The van der Waals surface area contributed by atoms with Gasteiger partial charge in [-0.05, 0) is 19.3 Å². The maximum Gasteiger partial charge on any atom is 0.230 e. The molecule has 2 fully saturated rings. The maximum atomic E-state index is 5.79. The molecule has 5 nitrogen and oxygen atoms in total. The van der Waals surface area contributed by atoms with Crippen LogP contribution < -0.4 is 5.73 Å². The Labute approximate surface area is 94.3 Å². The monoisotopic (exact) mass is 223 g/mol. The highest BCUT2D eigenvalue weighted by molar-refractivity contribution is 5.07. The van der Waals surface area contributed by atoms with Crippen LogP contribution in [0.5, 0.6) is 0 Å². The summed E-state index contributed by atoms with van der Waals surface area (Å²) in [7, 11) is 0. The first-order chi connectivity index (χ1) is 7.78. The fourth-order valence-electron chi connectivity index (χ4n) is 2.61. The number of aromatic nitrogens is 2. The van der Waals surface area contributed by atoms with E-state index in [1.54, 1.807) is 0 Å². The van der Waals surface area contributed by atoms with Crippen molar-refractivity contribution in [1.29, 1.82) is 0 Å². The molecule has 0 aliphatic carbocycles. The molecule has 3 rings (SSSR count). The molecule has 0 radical (unpaired) electrons. The normalized spacial score (nSPS) is 34.5. The Morgan fingerprint density at radius 2 is 2.38 bits per heavy atom. The number of hydrogen-bond donors (Lipinski definition) is 1. The Bertz CT molecular complexity index is 379. The first-order valence-electron chi connectivity index (χ1n) is 5.97. The summed E-state index contributed by atoms with van der Waals surface area (Å²) in [6.07, 6.45) is 4.09. The van der Waals surface area contributed by atoms with Gasteiger partial charge < -0.3 is 15.0 Å². The molecule has 0 saturated carbocycles. The van der Waals surface area contributed by atoms with Gasteiger partial charge in [0.15, 0.2) is 5.82 Å². The van der Waals surface area contributed by atoms with E-state index in [1.165, 1.54) is 6.42 Å². The van der Waals surface area contributed by atoms with E-state index in [4.69, 9.17) is 15.0 Å². The van der Waals surface area contributed by atoms with Gasteiger partial charge in [0.1, 0.15) is 0 Å². The minimum absolute atomic E-state index is 0.140. The Morgan fingerprint density at radius 3 is 3.00 bits per heavy atom.